The summed E-state index contributed by atoms with van der Waals surface area (Å²) in [5.41, 5.74) is 4.89. The molecule has 4 rings (SSSR count). The Balaban J connectivity index is 2.13. The van der Waals surface area contributed by atoms with Gasteiger partial charge in [-0.2, -0.15) is 23.4 Å². The second-order valence-electron chi connectivity index (χ2n) is 5.61. The number of pyridine rings is 1. The number of fused-ring (bicyclic) bond motifs is 3. The Hall–Kier alpha value is -3.45. The van der Waals surface area contributed by atoms with Gasteiger partial charge in [0, 0.05) is 17.1 Å². The number of rotatable bonds is 1. The van der Waals surface area contributed by atoms with Crippen LogP contribution in [0.2, 0.25) is 0 Å². The van der Waals surface area contributed by atoms with Crippen LogP contribution in [0.4, 0.5) is 19.0 Å². The first kappa shape index (κ1) is 17.0. The van der Waals surface area contributed by atoms with Crippen LogP contribution in [0.3, 0.4) is 0 Å². The van der Waals surface area contributed by atoms with Crippen LogP contribution in [0.5, 0.6) is 0 Å². The molecule has 1 aromatic carbocycles. The lowest BCUT2D eigenvalue weighted by molar-refractivity contribution is -0.137. The number of thiazole rings is 1. The topological polar surface area (TPSA) is 97.1 Å². The number of aromatic nitrogens is 3. The molecular formula is C17H8F3N5OS. The normalized spacial score (nSPS) is 11.8. The number of halogens is 3. The quantitative estimate of drug-likeness (QED) is 0.540. The van der Waals surface area contributed by atoms with Gasteiger partial charge in [-0.05, 0) is 17.7 Å². The van der Waals surface area contributed by atoms with Gasteiger partial charge >= 0.3 is 6.18 Å². The van der Waals surface area contributed by atoms with E-state index >= 15 is 0 Å². The van der Waals surface area contributed by atoms with Crippen molar-refractivity contribution in [3.8, 4) is 17.2 Å². The Morgan fingerprint density at radius 3 is 2.52 bits per heavy atom. The molecule has 0 atom stereocenters. The summed E-state index contributed by atoms with van der Waals surface area (Å²) in [6, 6.07) is 6.04. The van der Waals surface area contributed by atoms with Crippen LogP contribution in [0.1, 0.15) is 11.1 Å². The van der Waals surface area contributed by atoms with Crippen molar-refractivity contribution in [2.45, 2.75) is 6.18 Å². The predicted octanol–water partition coefficient (Wildman–Crippen LogP) is 3.44. The van der Waals surface area contributed by atoms with Gasteiger partial charge in [0.15, 0.2) is 10.6 Å². The zero-order valence-electron chi connectivity index (χ0n) is 13.3. The van der Waals surface area contributed by atoms with Gasteiger partial charge in [0.05, 0.1) is 10.9 Å². The number of nitrogen functional groups attached to an aromatic ring is 1. The number of nitriles is 1. The number of nitrogens with zero attached hydrogens (tertiary/aromatic N) is 4. The van der Waals surface area contributed by atoms with Crippen molar-refractivity contribution in [3.63, 3.8) is 0 Å². The predicted molar refractivity (Wildman–Crippen MR) is 94.2 cm³/mol. The molecular weight excluding hydrogens is 379 g/mol. The maximum atomic E-state index is 12.8. The van der Waals surface area contributed by atoms with Crippen molar-refractivity contribution in [2.24, 2.45) is 0 Å². The number of hydrogen-bond donors (Lipinski definition) is 1. The zero-order chi connectivity index (χ0) is 19.3. The van der Waals surface area contributed by atoms with Gasteiger partial charge in [0.1, 0.15) is 17.5 Å². The summed E-state index contributed by atoms with van der Waals surface area (Å²) in [6.07, 6.45) is -2.86. The molecule has 2 N–H and O–H groups in total. The summed E-state index contributed by atoms with van der Waals surface area (Å²) in [5, 5.41) is 11.2. The Kier molecular flexibility index (Phi) is 3.64. The highest BCUT2D eigenvalue weighted by atomic mass is 32.1. The van der Waals surface area contributed by atoms with Crippen LogP contribution in [0, 0.1) is 11.3 Å². The van der Waals surface area contributed by atoms with Crippen molar-refractivity contribution in [1.29, 1.82) is 5.26 Å². The SMILES string of the molecule is N#Cc1c(N)nc2c(c1-c1ccc(C(F)(F)F)cc1)c(=O)nc1sccn12. The molecule has 0 amide bonds. The number of anilines is 1. The van der Waals surface area contributed by atoms with E-state index in [1.165, 1.54) is 23.5 Å². The summed E-state index contributed by atoms with van der Waals surface area (Å²) in [5.74, 6) is -0.120. The molecule has 6 nitrogen and oxygen atoms in total. The molecule has 0 radical (unpaired) electrons. The average molecular weight is 387 g/mol. The fourth-order valence-electron chi connectivity index (χ4n) is 2.85. The maximum Gasteiger partial charge on any atom is 0.416 e. The fraction of sp³-hybridized carbons (Fsp3) is 0.0588. The van der Waals surface area contributed by atoms with E-state index in [0.29, 0.717) is 4.96 Å². The molecule has 0 spiro atoms. The van der Waals surface area contributed by atoms with Crippen molar-refractivity contribution in [2.75, 3.05) is 5.73 Å². The lowest BCUT2D eigenvalue weighted by Gasteiger charge is -2.12. The van der Waals surface area contributed by atoms with Crippen molar-refractivity contribution in [1.82, 2.24) is 14.4 Å². The van der Waals surface area contributed by atoms with Gasteiger partial charge < -0.3 is 5.73 Å². The van der Waals surface area contributed by atoms with Gasteiger partial charge in [-0.3, -0.25) is 9.20 Å². The van der Waals surface area contributed by atoms with E-state index in [1.807, 2.05) is 6.07 Å². The Morgan fingerprint density at radius 1 is 1.19 bits per heavy atom. The third-order valence-electron chi connectivity index (χ3n) is 4.05. The average Bonchev–Trinajstić information content (AvgIpc) is 3.08. The smallest absolute Gasteiger partial charge is 0.383 e. The molecule has 10 heteroatoms. The van der Waals surface area contributed by atoms with Crippen LogP contribution in [0.25, 0.3) is 27.1 Å². The van der Waals surface area contributed by atoms with E-state index in [2.05, 4.69) is 9.97 Å². The van der Waals surface area contributed by atoms with Crippen molar-refractivity contribution in [3.05, 3.63) is 57.3 Å². The summed E-state index contributed by atoms with van der Waals surface area (Å²) < 4.78 is 40.1. The minimum absolute atomic E-state index is 0.0245. The number of nitrogens with two attached hydrogens (primary N) is 1. The van der Waals surface area contributed by atoms with E-state index in [9.17, 15) is 23.2 Å². The van der Waals surface area contributed by atoms with Crippen molar-refractivity contribution >= 4 is 33.1 Å². The van der Waals surface area contributed by atoms with Gasteiger partial charge in [0.2, 0.25) is 0 Å². The molecule has 0 saturated carbocycles. The van der Waals surface area contributed by atoms with Crippen LogP contribution in [-0.2, 0) is 6.18 Å². The lowest BCUT2D eigenvalue weighted by atomic mass is 9.97. The first-order valence-corrected chi connectivity index (χ1v) is 8.36. The van der Waals surface area contributed by atoms with Gasteiger partial charge in [-0.25, -0.2) is 4.98 Å². The standard InChI is InChI=1S/C17H8F3N5OS/c18-17(19,20)9-3-1-8(2-4-9)11-10(7-21)13(22)23-14-12(11)15(26)24-16-25(14)5-6-27-16/h1-6H,(H2,22,23). The highest BCUT2D eigenvalue weighted by molar-refractivity contribution is 7.15. The molecule has 0 aliphatic rings. The van der Waals surface area contributed by atoms with Gasteiger partial charge in [-0.15, -0.1) is 11.3 Å². The first-order valence-electron chi connectivity index (χ1n) is 7.48. The molecule has 0 unspecified atom stereocenters. The summed E-state index contributed by atoms with van der Waals surface area (Å²) in [6.45, 7) is 0. The highest BCUT2D eigenvalue weighted by Gasteiger charge is 2.30. The Morgan fingerprint density at radius 2 is 1.89 bits per heavy atom. The zero-order valence-corrected chi connectivity index (χ0v) is 14.1. The minimum Gasteiger partial charge on any atom is -0.383 e. The molecule has 0 fully saturated rings. The molecule has 0 bridgehead atoms. The monoisotopic (exact) mass is 387 g/mol. The van der Waals surface area contributed by atoms with Gasteiger partial charge in [-0.1, -0.05) is 12.1 Å². The number of benzene rings is 1. The molecule has 27 heavy (non-hydrogen) atoms. The maximum absolute atomic E-state index is 12.8. The van der Waals surface area contributed by atoms with E-state index in [4.69, 9.17) is 5.73 Å². The van der Waals surface area contributed by atoms with E-state index in [0.717, 1.165) is 12.1 Å². The van der Waals surface area contributed by atoms with E-state index in [1.54, 1.807) is 16.0 Å². The highest BCUT2D eigenvalue weighted by Crippen LogP contribution is 2.35. The number of alkyl halides is 3. The van der Waals surface area contributed by atoms with Crippen LogP contribution in [0.15, 0.2) is 40.6 Å². The third kappa shape index (κ3) is 2.60. The summed E-state index contributed by atoms with van der Waals surface area (Å²) in [7, 11) is 0. The largest absolute Gasteiger partial charge is 0.416 e. The molecule has 3 aromatic heterocycles. The number of hydrogen-bond acceptors (Lipinski definition) is 6. The van der Waals surface area contributed by atoms with E-state index in [-0.39, 0.29) is 33.5 Å². The second kappa shape index (κ2) is 5.78. The first-order chi connectivity index (χ1) is 12.8. The lowest BCUT2D eigenvalue weighted by Crippen LogP contribution is -2.14. The molecule has 0 saturated heterocycles. The molecule has 0 aliphatic heterocycles. The van der Waals surface area contributed by atoms with Gasteiger partial charge in [0.25, 0.3) is 5.56 Å². The minimum atomic E-state index is -4.50. The fourth-order valence-corrected chi connectivity index (χ4v) is 3.55. The third-order valence-corrected chi connectivity index (χ3v) is 4.80. The summed E-state index contributed by atoms with van der Waals surface area (Å²) in [4.78, 5) is 21.1. The molecule has 3 heterocycles. The second-order valence-corrected chi connectivity index (χ2v) is 6.48. The van der Waals surface area contributed by atoms with E-state index < -0.39 is 17.3 Å². The van der Waals surface area contributed by atoms with Crippen LogP contribution >= 0.6 is 11.3 Å². The Labute approximate surface area is 152 Å². The summed E-state index contributed by atoms with van der Waals surface area (Å²) >= 11 is 1.22. The van der Waals surface area contributed by atoms with Crippen LogP contribution < -0.4 is 11.3 Å². The Bertz CT molecular complexity index is 1300. The molecule has 4 aromatic rings. The van der Waals surface area contributed by atoms with Crippen molar-refractivity contribution < 1.29 is 13.2 Å². The molecule has 0 aliphatic carbocycles. The van der Waals surface area contributed by atoms with Crippen LogP contribution in [-0.4, -0.2) is 14.4 Å². The molecule has 134 valence electrons.